The van der Waals surface area contributed by atoms with E-state index in [-0.39, 0.29) is 0 Å². The SMILES string of the molecule is CCCCCC/C=C/P(=O)(c1ccccc1)c1ccc(P(=O)(/C=C/CCCCCC)c2ccccc2)cc1. The van der Waals surface area contributed by atoms with Gasteiger partial charge in [0.1, 0.15) is 0 Å². The molecule has 2 atom stereocenters. The number of hydrogen-bond acceptors (Lipinski definition) is 2. The van der Waals surface area contributed by atoms with E-state index in [1.54, 1.807) is 0 Å². The van der Waals surface area contributed by atoms with E-state index in [0.717, 1.165) is 46.9 Å². The summed E-state index contributed by atoms with van der Waals surface area (Å²) in [4.78, 5) is 0. The van der Waals surface area contributed by atoms with Crippen LogP contribution in [0.15, 0.2) is 109 Å². The van der Waals surface area contributed by atoms with Crippen LogP contribution in [0, 0.1) is 0 Å². The van der Waals surface area contributed by atoms with Crippen LogP contribution < -0.4 is 21.2 Å². The van der Waals surface area contributed by atoms with Crippen LogP contribution in [0.1, 0.15) is 78.1 Å². The van der Waals surface area contributed by atoms with E-state index in [1.807, 2.05) is 96.6 Å². The molecular weight excluding hydrogens is 502 g/mol. The molecule has 3 aromatic rings. The van der Waals surface area contributed by atoms with Gasteiger partial charge in [-0.15, -0.1) is 0 Å². The van der Waals surface area contributed by atoms with Gasteiger partial charge < -0.3 is 9.13 Å². The lowest BCUT2D eigenvalue weighted by molar-refractivity contribution is 0.590. The monoisotopic (exact) mass is 546 g/mol. The minimum atomic E-state index is -2.95. The van der Waals surface area contributed by atoms with E-state index in [1.165, 1.54) is 38.5 Å². The lowest BCUT2D eigenvalue weighted by Crippen LogP contribution is -2.19. The minimum absolute atomic E-state index is 0.778. The fraction of sp³-hybridized carbons (Fsp3) is 0.353. The molecule has 0 fully saturated rings. The van der Waals surface area contributed by atoms with Gasteiger partial charge in [-0.2, -0.15) is 0 Å². The zero-order valence-electron chi connectivity index (χ0n) is 23.2. The van der Waals surface area contributed by atoms with E-state index >= 15 is 0 Å². The first-order chi connectivity index (χ1) is 18.5. The molecule has 2 nitrogen and oxygen atoms in total. The fourth-order valence-electron chi connectivity index (χ4n) is 4.66. The normalized spacial score (nSPS) is 15.0. The van der Waals surface area contributed by atoms with Crippen LogP contribution in [-0.2, 0) is 9.13 Å². The lowest BCUT2D eigenvalue weighted by atomic mass is 10.2. The fourth-order valence-corrected chi connectivity index (χ4v) is 9.25. The predicted octanol–water partition coefficient (Wildman–Crippen LogP) is 9.28. The first-order valence-electron chi connectivity index (χ1n) is 14.3. The number of hydrogen-bond donors (Lipinski definition) is 0. The van der Waals surface area contributed by atoms with Gasteiger partial charge in [-0.3, -0.25) is 0 Å². The largest absolute Gasteiger partial charge is 0.309 e. The maximum atomic E-state index is 14.5. The van der Waals surface area contributed by atoms with Crippen LogP contribution in [0.2, 0.25) is 0 Å². The summed E-state index contributed by atoms with van der Waals surface area (Å²) in [6, 6.07) is 27.2. The standard InChI is InChI=1S/C34H44O2P2/c1-3-5-7-9-11-19-29-37(35,31-21-15-13-16-22-31)33-25-27-34(28-26-33)38(36,32-23-17-14-18-24-32)30-20-12-10-8-6-4-2/h13-30H,3-12H2,1-2H3/b29-19+,30-20+. The van der Waals surface area contributed by atoms with Crippen molar-refractivity contribution in [3.63, 3.8) is 0 Å². The summed E-state index contributed by atoms with van der Waals surface area (Å²) in [5.41, 5.74) is 0. The summed E-state index contributed by atoms with van der Waals surface area (Å²) in [5.74, 6) is 3.85. The number of allylic oxidation sites excluding steroid dienone is 2. The Bertz CT molecular complexity index is 1130. The Labute approximate surface area is 231 Å². The van der Waals surface area contributed by atoms with Gasteiger partial charge in [-0.25, -0.2) is 0 Å². The van der Waals surface area contributed by atoms with Crippen LogP contribution in [-0.4, -0.2) is 0 Å². The molecule has 4 heteroatoms. The van der Waals surface area contributed by atoms with E-state index in [9.17, 15) is 9.13 Å². The highest BCUT2D eigenvalue weighted by Crippen LogP contribution is 2.47. The molecule has 0 bridgehead atoms. The Morgan fingerprint density at radius 2 is 0.816 bits per heavy atom. The second-order valence-electron chi connectivity index (χ2n) is 9.97. The van der Waals surface area contributed by atoms with Gasteiger partial charge in [0.2, 0.25) is 0 Å². The summed E-state index contributed by atoms with van der Waals surface area (Å²) in [6.45, 7) is 4.42. The summed E-state index contributed by atoms with van der Waals surface area (Å²) in [5, 5.41) is 3.22. The van der Waals surface area contributed by atoms with E-state index in [2.05, 4.69) is 26.0 Å². The van der Waals surface area contributed by atoms with Crippen molar-refractivity contribution in [3.05, 3.63) is 109 Å². The highest BCUT2D eigenvalue weighted by Gasteiger charge is 2.27. The van der Waals surface area contributed by atoms with Crippen molar-refractivity contribution in [2.45, 2.75) is 78.1 Å². The average Bonchev–Trinajstić information content (AvgIpc) is 2.97. The van der Waals surface area contributed by atoms with Gasteiger partial charge in [-0.1, -0.05) is 149 Å². The molecule has 0 aliphatic heterocycles. The molecule has 0 radical (unpaired) electrons. The van der Waals surface area contributed by atoms with E-state index in [4.69, 9.17) is 0 Å². The van der Waals surface area contributed by atoms with Gasteiger partial charge >= 0.3 is 0 Å². The molecule has 38 heavy (non-hydrogen) atoms. The van der Waals surface area contributed by atoms with Crippen LogP contribution in [0.25, 0.3) is 0 Å². The average molecular weight is 547 g/mol. The third kappa shape index (κ3) is 8.30. The van der Waals surface area contributed by atoms with Gasteiger partial charge in [0.25, 0.3) is 0 Å². The van der Waals surface area contributed by atoms with Crippen molar-refractivity contribution in [2.24, 2.45) is 0 Å². The Kier molecular flexibility index (Phi) is 12.6. The summed E-state index contributed by atoms with van der Waals surface area (Å²) in [6.07, 6.45) is 15.6. The van der Waals surface area contributed by atoms with Crippen LogP contribution >= 0.6 is 14.3 Å². The zero-order chi connectivity index (χ0) is 27.1. The molecule has 0 spiro atoms. The summed E-state index contributed by atoms with van der Waals surface area (Å²) in [7, 11) is -5.90. The van der Waals surface area contributed by atoms with Crippen LogP contribution in [0.4, 0.5) is 0 Å². The molecule has 0 aliphatic rings. The van der Waals surface area contributed by atoms with Crippen LogP contribution in [0.5, 0.6) is 0 Å². The highest BCUT2D eigenvalue weighted by molar-refractivity contribution is 7.82. The maximum absolute atomic E-state index is 14.5. The second-order valence-corrected chi connectivity index (χ2v) is 15.3. The van der Waals surface area contributed by atoms with Gasteiger partial charge in [0, 0.05) is 21.2 Å². The molecule has 3 rings (SSSR count). The number of benzene rings is 3. The topological polar surface area (TPSA) is 34.1 Å². The maximum Gasteiger partial charge on any atom is 0.163 e. The second kappa shape index (κ2) is 15.9. The van der Waals surface area contributed by atoms with E-state index in [0.29, 0.717) is 0 Å². The molecular formula is C34H44O2P2. The number of rotatable bonds is 16. The van der Waals surface area contributed by atoms with Crippen molar-refractivity contribution < 1.29 is 9.13 Å². The molecule has 0 amide bonds. The third-order valence-corrected chi connectivity index (χ3v) is 12.5. The van der Waals surface area contributed by atoms with Crippen molar-refractivity contribution in [1.29, 1.82) is 0 Å². The molecule has 0 aliphatic carbocycles. The van der Waals surface area contributed by atoms with Crippen LogP contribution in [0.3, 0.4) is 0 Å². The van der Waals surface area contributed by atoms with Gasteiger partial charge in [-0.05, 0) is 37.3 Å². The molecule has 0 heterocycles. The highest BCUT2D eigenvalue weighted by atomic mass is 31.2. The molecule has 2 unspecified atom stereocenters. The van der Waals surface area contributed by atoms with Crippen molar-refractivity contribution in [1.82, 2.24) is 0 Å². The van der Waals surface area contributed by atoms with E-state index < -0.39 is 14.3 Å². The van der Waals surface area contributed by atoms with Crippen molar-refractivity contribution in [3.8, 4) is 0 Å². The third-order valence-electron chi connectivity index (χ3n) is 6.98. The van der Waals surface area contributed by atoms with Gasteiger partial charge in [0.05, 0.1) is 0 Å². The van der Waals surface area contributed by atoms with Crippen molar-refractivity contribution >= 4 is 35.5 Å². The molecule has 0 aromatic heterocycles. The predicted molar refractivity (Wildman–Crippen MR) is 169 cm³/mol. The Morgan fingerprint density at radius 3 is 1.16 bits per heavy atom. The Hall–Kier alpha value is -2.40. The first-order valence-corrected chi connectivity index (χ1v) is 17.9. The molecule has 0 saturated carbocycles. The minimum Gasteiger partial charge on any atom is -0.309 e. The molecule has 0 saturated heterocycles. The van der Waals surface area contributed by atoms with Gasteiger partial charge in [0.15, 0.2) is 14.3 Å². The Morgan fingerprint density at radius 1 is 0.474 bits per heavy atom. The summed E-state index contributed by atoms with van der Waals surface area (Å²) < 4.78 is 28.9. The quantitative estimate of drug-likeness (QED) is 0.133. The molecule has 0 N–H and O–H groups in total. The molecule has 202 valence electrons. The zero-order valence-corrected chi connectivity index (χ0v) is 25.0. The summed E-state index contributed by atoms with van der Waals surface area (Å²) >= 11 is 0. The first kappa shape index (κ1) is 30.1. The van der Waals surface area contributed by atoms with Crippen molar-refractivity contribution in [2.75, 3.05) is 0 Å². The molecule has 3 aromatic carbocycles. The smallest absolute Gasteiger partial charge is 0.163 e. The Balaban J connectivity index is 1.91. The number of unbranched alkanes of at least 4 members (excludes halogenated alkanes) is 8. The lowest BCUT2D eigenvalue weighted by Gasteiger charge is -2.19.